The smallest absolute Gasteiger partial charge is 0.325 e. The summed E-state index contributed by atoms with van der Waals surface area (Å²) >= 11 is 5.77. The molecule has 11 heteroatoms. The number of urea groups is 1. The Labute approximate surface area is 155 Å². The van der Waals surface area contributed by atoms with E-state index in [0.717, 1.165) is 4.31 Å². The lowest BCUT2D eigenvalue weighted by atomic mass is 10.2. The first-order valence-corrected chi connectivity index (χ1v) is 9.53. The summed E-state index contributed by atoms with van der Waals surface area (Å²) in [5.74, 6) is -1.76. The monoisotopic (exact) mass is 403 g/mol. The first kappa shape index (κ1) is 20.1. The standard InChI is InChI=1S/C15H18ClN3O6S/c1-9(13(20)18-15(17)22)25-14(21)12-3-2-8-19(12)26(23,24)11-6-4-10(16)5-7-11/h4-7,9,12H,2-3,8H2,1H3,(H3,17,18,20,22)/t9-,12-/m0/s1. The number of carbonyl (C=O) groups excluding carboxylic acids is 3. The number of hydrogen-bond acceptors (Lipinski definition) is 6. The topological polar surface area (TPSA) is 136 Å². The van der Waals surface area contributed by atoms with Crippen LogP contribution in [0.15, 0.2) is 29.2 Å². The fourth-order valence-corrected chi connectivity index (χ4v) is 4.31. The average molecular weight is 404 g/mol. The highest BCUT2D eigenvalue weighted by Gasteiger charge is 2.41. The maximum atomic E-state index is 12.8. The fourth-order valence-electron chi connectivity index (χ4n) is 2.53. The van der Waals surface area contributed by atoms with Gasteiger partial charge >= 0.3 is 12.0 Å². The Kier molecular flexibility index (Phi) is 6.21. The predicted octanol–water partition coefficient (Wildman–Crippen LogP) is 0.620. The molecule has 9 nitrogen and oxygen atoms in total. The minimum absolute atomic E-state index is 0.00104. The van der Waals surface area contributed by atoms with Crippen molar-refractivity contribution in [3.8, 4) is 0 Å². The van der Waals surface area contributed by atoms with E-state index < -0.39 is 40.1 Å². The first-order valence-electron chi connectivity index (χ1n) is 7.71. The zero-order chi connectivity index (χ0) is 19.5. The molecule has 1 aliphatic heterocycles. The Morgan fingerprint density at radius 2 is 1.92 bits per heavy atom. The number of esters is 1. The molecule has 3 N–H and O–H groups in total. The summed E-state index contributed by atoms with van der Waals surface area (Å²) in [7, 11) is -3.93. The van der Waals surface area contributed by atoms with Gasteiger partial charge in [-0.15, -0.1) is 0 Å². The van der Waals surface area contributed by atoms with Gasteiger partial charge in [0.1, 0.15) is 6.04 Å². The highest BCUT2D eigenvalue weighted by Crippen LogP contribution is 2.27. The Balaban J connectivity index is 2.14. The van der Waals surface area contributed by atoms with Crippen molar-refractivity contribution in [1.82, 2.24) is 9.62 Å². The quantitative estimate of drug-likeness (QED) is 0.691. The summed E-state index contributed by atoms with van der Waals surface area (Å²) in [4.78, 5) is 34.6. The molecule has 1 saturated heterocycles. The zero-order valence-electron chi connectivity index (χ0n) is 13.8. The van der Waals surface area contributed by atoms with Gasteiger partial charge in [0, 0.05) is 11.6 Å². The lowest BCUT2D eigenvalue weighted by Crippen LogP contribution is -2.46. The van der Waals surface area contributed by atoms with Crippen LogP contribution in [0.5, 0.6) is 0 Å². The number of benzene rings is 1. The van der Waals surface area contributed by atoms with Crippen molar-refractivity contribution < 1.29 is 27.5 Å². The van der Waals surface area contributed by atoms with Gasteiger partial charge < -0.3 is 10.5 Å². The second kappa shape index (κ2) is 8.02. The summed E-state index contributed by atoms with van der Waals surface area (Å²) in [6.07, 6.45) is -0.569. The Morgan fingerprint density at radius 1 is 1.31 bits per heavy atom. The van der Waals surface area contributed by atoms with Crippen LogP contribution < -0.4 is 11.1 Å². The molecule has 1 aliphatic rings. The Bertz CT molecular complexity index is 811. The molecule has 3 amide bonds. The van der Waals surface area contributed by atoms with Crippen LogP contribution in [0.4, 0.5) is 4.79 Å². The molecule has 0 saturated carbocycles. The van der Waals surface area contributed by atoms with Crippen LogP contribution in [0.25, 0.3) is 0 Å². The van der Waals surface area contributed by atoms with Crippen LogP contribution in [0.3, 0.4) is 0 Å². The Morgan fingerprint density at radius 3 is 2.50 bits per heavy atom. The number of sulfonamides is 1. The van der Waals surface area contributed by atoms with Gasteiger partial charge in [0.2, 0.25) is 10.0 Å². The maximum absolute atomic E-state index is 12.8. The number of halogens is 1. The van der Waals surface area contributed by atoms with Crippen LogP contribution in [-0.4, -0.2) is 49.3 Å². The molecule has 0 unspecified atom stereocenters. The minimum Gasteiger partial charge on any atom is -0.451 e. The van der Waals surface area contributed by atoms with Crippen LogP contribution in [0.1, 0.15) is 19.8 Å². The second-order valence-electron chi connectivity index (χ2n) is 5.66. The van der Waals surface area contributed by atoms with Crippen LogP contribution in [0, 0.1) is 0 Å². The maximum Gasteiger partial charge on any atom is 0.325 e. The molecule has 0 bridgehead atoms. The normalized spacial score (nSPS) is 18.9. The number of ether oxygens (including phenoxy) is 1. The van der Waals surface area contributed by atoms with Crippen molar-refractivity contribution in [2.24, 2.45) is 5.73 Å². The van der Waals surface area contributed by atoms with E-state index in [2.05, 4.69) is 0 Å². The number of imide groups is 1. The molecule has 142 valence electrons. The van der Waals surface area contributed by atoms with Crippen molar-refractivity contribution in [1.29, 1.82) is 0 Å². The summed E-state index contributed by atoms with van der Waals surface area (Å²) in [6, 6.07) is 3.44. The molecule has 0 aromatic heterocycles. The van der Waals surface area contributed by atoms with Gasteiger partial charge in [0.15, 0.2) is 6.10 Å². The molecule has 1 aromatic carbocycles. The molecule has 1 heterocycles. The third-order valence-electron chi connectivity index (χ3n) is 3.80. The number of hydrogen-bond donors (Lipinski definition) is 2. The van der Waals surface area contributed by atoms with Gasteiger partial charge in [-0.05, 0) is 44.0 Å². The van der Waals surface area contributed by atoms with Crippen molar-refractivity contribution in [3.63, 3.8) is 0 Å². The third-order valence-corrected chi connectivity index (χ3v) is 5.98. The first-order chi connectivity index (χ1) is 12.1. The van der Waals surface area contributed by atoms with Crippen molar-refractivity contribution in [2.45, 2.75) is 36.8 Å². The van der Waals surface area contributed by atoms with E-state index in [9.17, 15) is 22.8 Å². The van der Waals surface area contributed by atoms with E-state index in [1.165, 1.54) is 31.2 Å². The highest BCUT2D eigenvalue weighted by atomic mass is 35.5. The number of rotatable bonds is 5. The van der Waals surface area contributed by atoms with Gasteiger partial charge in [-0.1, -0.05) is 11.6 Å². The van der Waals surface area contributed by atoms with Gasteiger partial charge in [0.25, 0.3) is 5.91 Å². The molecule has 0 radical (unpaired) electrons. The lowest BCUT2D eigenvalue weighted by molar-refractivity contribution is -0.157. The lowest BCUT2D eigenvalue weighted by Gasteiger charge is -2.24. The average Bonchev–Trinajstić information content (AvgIpc) is 3.05. The molecule has 0 aliphatic carbocycles. The number of amides is 3. The number of nitrogens with two attached hydrogens (primary N) is 1. The van der Waals surface area contributed by atoms with E-state index in [0.29, 0.717) is 11.4 Å². The third kappa shape index (κ3) is 4.51. The van der Waals surface area contributed by atoms with Crippen molar-refractivity contribution in [3.05, 3.63) is 29.3 Å². The van der Waals surface area contributed by atoms with E-state index >= 15 is 0 Å². The number of nitrogens with one attached hydrogen (secondary N) is 1. The molecule has 26 heavy (non-hydrogen) atoms. The van der Waals surface area contributed by atoms with Crippen molar-refractivity contribution in [2.75, 3.05) is 6.54 Å². The molecule has 1 aromatic rings. The van der Waals surface area contributed by atoms with E-state index in [4.69, 9.17) is 22.1 Å². The van der Waals surface area contributed by atoms with E-state index in [1.54, 1.807) is 5.32 Å². The molecule has 0 spiro atoms. The Hall–Kier alpha value is -2.17. The van der Waals surface area contributed by atoms with E-state index in [1.807, 2.05) is 0 Å². The summed E-state index contributed by atoms with van der Waals surface area (Å²) in [5, 5.41) is 2.17. The zero-order valence-corrected chi connectivity index (χ0v) is 15.4. The molecular weight excluding hydrogens is 386 g/mol. The summed E-state index contributed by atoms with van der Waals surface area (Å²) in [6.45, 7) is 1.40. The van der Waals surface area contributed by atoms with Gasteiger partial charge in [-0.2, -0.15) is 4.31 Å². The van der Waals surface area contributed by atoms with Crippen LogP contribution >= 0.6 is 11.6 Å². The number of nitrogens with zero attached hydrogens (tertiary/aromatic N) is 1. The van der Waals surface area contributed by atoms with Gasteiger partial charge in [0.05, 0.1) is 4.90 Å². The fraction of sp³-hybridized carbons (Fsp3) is 0.400. The molecule has 1 fully saturated rings. The second-order valence-corrected chi connectivity index (χ2v) is 7.99. The number of primary amides is 1. The SMILES string of the molecule is C[C@H](OC(=O)[C@@H]1CCCN1S(=O)(=O)c1ccc(Cl)cc1)C(=O)NC(N)=O. The predicted molar refractivity (Wildman–Crippen MR) is 91.6 cm³/mol. The van der Waals surface area contributed by atoms with Crippen LogP contribution in [-0.2, 0) is 24.3 Å². The largest absolute Gasteiger partial charge is 0.451 e. The van der Waals surface area contributed by atoms with Crippen molar-refractivity contribution >= 4 is 39.5 Å². The summed E-state index contributed by atoms with van der Waals surface area (Å²) < 4.78 is 31.6. The van der Waals surface area contributed by atoms with Gasteiger partial charge in [-0.25, -0.2) is 13.2 Å². The van der Waals surface area contributed by atoms with E-state index in [-0.39, 0.29) is 17.9 Å². The van der Waals surface area contributed by atoms with Crippen LogP contribution in [0.2, 0.25) is 5.02 Å². The summed E-state index contributed by atoms with van der Waals surface area (Å²) in [5.41, 5.74) is 4.83. The molecule has 2 atom stereocenters. The highest BCUT2D eigenvalue weighted by molar-refractivity contribution is 7.89. The van der Waals surface area contributed by atoms with Gasteiger partial charge in [-0.3, -0.25) is 14.9 Å². The molecular formula is C15H18ClN3O6S. The minimum atomic E-state index is -3.93. The molecule has 2 rings (SSSR count). The number of carbonyl (C=O) groups is 3.